The largest absolute Gasteiger partial charge is 0.573 e. The molecule has 0 unspecified atom stereocenters. The highest BCUT2D eigenvalue weighted by atomic mass is 32.2. The van der Waals surface area contributed by atoms with E-state index in [1.807, 2.05) is 0 Å². The van der Waals surface area contributed by atoms with Gasteiger partial charge in [-0.25, -0.2) is 13.1 Å². The van der Waals surface area contributed by atoms with Gasteiger partial charge < -0.3 is 9.84 Å². The second-order valence-electron chi connectivity index (χ2n) is 5.53. The van der Waals surface area contributed by atoms with Crippen LogP contribution in [-0.2, 0) is 14.8 Å². The van der Waals surface area contributed by atoms with Crippen LogP contribution >= 0.6 is 0 Å². The van der Waals surface area contributed by atoms with E-state index in [9.17, 15) is 26.4 Å². The molecule has 2 rings (SSSR count). The minimum absolute atomic E-state index is 0.343. The van der Waals surface area contributed by atoms with E-state index in [0.29, 0.717) is 25.7 Å². The Morgan fingerprint density at radius 3 is 2.38 bits per heavy atom. The Labute approximate surface area is 136 Å². The van der Waals surface area contributed by atoms with Crippen molar-refractivity contribution in [3.8, 4) is 5.75 Å². The number of benzene rings is 1. The zero-order chi connectivity index (χ0) is 18.0. The molecule has 0 aliphatic heterocycles. The lowest BCUT2D eigenvalue weighted by Gasteiger charge is -2.26. The molecule has 0 saturated heterocycles. The number of hydrogen-bond acceptors (Lipinski definition) is 4. The van der Waals surface area contributed by atoms with Gasteiger partial charge in [0.15, 0.2) is 0 Å². The van der Waals surface area contributed by atoms with Gasteiger partial charge in [-0.3, -0.25) is 4.79 Å². The number of sulfonamides is 1. The number of carbonyl (C=O) groups is 1. The molecule has 24 heavy (non-hydrogen) atoms. The third-order valence-corrected chi connectivity index (χ3v) is 5.27. The SMILES string of the molecule is O=C(O)C1CCC(NS(=O)(=O)c2cccc(OC(F)(F)F)c2)CC1. The van der Waals surface area contributed by atoms with Crippen LogP contribution in [0.3, 0.4) is 0 Å². The smallest absolute Gasteiger partial charge is 0.481 e. The van der Waals surface area contributed by atoms with Gasteiger partial charge in [0, 0.05) is 12.1 Å². The molecule has 1 aliphatic rings. The van der Waals surface area contributed by atoms with E-state index in [1.54, 1.807) is 0 Å². The zero-order valence-electron chi connectivity index (χ0n) is 12.4. The number of carboxylic acids is 1. The van der Waals surface area contributed by atoms with E-state index in [0.717, 1.165) is 24.3 Å². The molecule has 1 fully saturated rings. The summed E-state index contributed by atoms with van der Waals surface area (Å²) in [5.41, 5.74) is 0. The van der Waals surface area contributed by atoms with Crippen LogP contribution in [0, 0.1) is 5.92 Å². The predicted molar refractivity (Wildman–Crippen MR) is 76.8 cm³/mol. The molecule has 0 atom stereocenters. The van der Waals surface area contributed by atoms with Gasteiger partial charge in [0.25, 0.3) is 0 Å². The topological polar surface area (TPSA) is 92.7 Å². The van der Waals surface area contributed by atoms with Gasteiger partial charge >= 0.3 is 12.3 Å². The normalized spacial score (nSPS) is 22.1. The molecule has 1 aromatic carbocycles. The summed E-state index contributed by atoms with van der Waals surface area (Å²) in [6.07, 6.45) is -3.51. The summed E-state index contributed by atoms with van der Waals surface area (Å²) in [4.78, 5) is 10.5. The van der Waals surface area contributed by atoms with Crippen LogP contribution in [-0.4, -0.2) is 31.9 Å². The molecule has 0 aromatic heterocycles. The Morgan fingerprint density at radius 1 is 1.21 bits per heavy atom. The standard InChI is InChI=1S/C14H16F3NO5S/c15-14(16,17)23-11-2-1-3-12(8-11)24(21,22)18-10-6-4-9(5-7-10)13(19)20/h1-3,8-10,18H,4-7H2,(H,19,20). The fraction of sp³-hybridized carbons (Fsp3) is 0.500. The molecular formula is C14H16F3NO5S. The third kappa shape index (κ3) is 5.10. The molecule has 10 heteroatoms. The molecule has 0 spiro atoms. The number of alkyl halides is 3. The zero-order valence-corrected chi connectivity index (χ0v) is 13.2. The maximum absolute atomic E-state index is 12.3. The van der Waals surface area contributed by atoms with E-state index in [-0.39, 0.29) is 4.90 Å². The highest BCUT2D eigenvalue weighted by Crippen LogP contribution is 2.27. The first kappa shape index (κ1) is 18.5. The van der Waals surface area contributed by atoms with Gasteiger partial charge in [0.1, 0.15) is 5.75 Å². The van der Waals surface area contributed by atoms with Crippen molar-refractivity contribution in [1.29, 1.82) is 0 Å². The number of halogens is 3. The lowest BCUT2D eigenvalue weighted by Crippen LogP contribution is -2.38. The number of hydrogen-bond donors (Lipinski definition) is 2. The van der Waals surface area contributed by atoms with Crippen molar-refractivity contribution in [2.45, 2.75) is 43.0 Å². The fourth-order valence-electron chi connectivity index (χ4n) is 2.58. The van der Waals surface area contributed by atoms with Crippen LogP contribution in [0.5, 0.6) is 5.75 Å². The van der Waals surface area contributed by atoms with Crippen molar-refractivity contribution < 1.29 is 36.2 Å². The summed E-state index contributed by atoms with van der Waals surface area (Å²) in [7, 11) is -4.02. The Bertz CT molecular complexity index is 697. The van der Waals surface area contributed by atoms with Crippen LogP contribution in [0.1, 0.15) is 25.7 Å². The Hall–Kier alpha value is -1.81. The minimum Gasteiger partial charge on any atom is -0.481 e. The summed E-state index contributed by atoms with van der Waals surface area (Å²) in [5, 5.41) is 8.91. The van der Waals surface area contributed by atoms with Crippen molar-refractivity contribution in [3.63, 3.8) is 0 Å². The summed E-state index contributed by atoms with van der Waals surface area (Å²) in [6, 6.07) is 3.66. The van der Waals surface area contributed by atoms with Crippen molar-refractivity contribution >= 4 is 16.0 Å². The maximum atomic E-state index is 12.3. The Morgan fingerprint density at radius 2 is 1.83 bits per heavy atom. The quantitative estimate of drug-likeness (QED) is 0.834. The first-order valence-electron chi connectivity index (χ1n) is 7.18. The monoisotopic (exact) mass is 367 g/mol. The minimum atomic E-state index is -4.91. The number of rotatable bonds is 5. The summed E-state index contributed by atoms with van der Waals surface area (Å²) in [6.45, 7) is 0. The van der Waals surface area contributed by atoms with Gasteiger partial charge in [0.05, 0.1) is 10.8 Å². The van der Waals surface area contributed by atoms with Crippen LogP contribution < -0.4 is 9.46 Å². The number of ether oxygens (including phenoxy) is 1. The van der Waals surface area contributed by atoms with E-state index in [4.69, 9.17) is 5.11 Å². The van der Waals surface area contributed by atoms with E-state index < -0.39 is 40.1 Å². The first-order chi connectivity index (χ1) is 11.1. The van der Waals surface area contributed by atoms with Gasteiger partial charge in [-0.15, -0.1) is 13.2 Å². The van der Waals surface area contributed by atoms with Gasteiger partial charge in [0.2, 0.25) is 10.0 Å². The average Bonchev–Trinajstić information content (AvgIpc) is 2.46. The van der Waals surface area contributed by atoms with Crippen molar-refractivity contribution in [1.82, 2.24) is 4.72 Å². The molecule has 0 radical (unpaired) electrons. The summed E-state index contributed by atoms with van der Waals surface area (Å²) < 4.78 is 67.3. The molecule has 6 nitrogen and oxygen atoms in total. The molecule has 1 aliphatic carbocycles. The van der Waals surface area contributed by atoms with Gasteiger partial charge in [-0.1, -0.05) is 6.07 Å². The highest BCUT2D eigenvalue weighted by molar-refractivity contribution is 7.89. The molecular weight excluding hydrogens is 351 g/mol. The second-order valence-corrected chi connectivity index (χ2v) is 7.24. The van der Waals surface area contributed by atoms with Gasteiger partial charge in [-0.2, -0.15) is 0 Å². The lowest BCUT2D eigenvalue weighted by atomic mass is 9.87. The number of aliphatic carboxylic acids is 1. The molecule has 1 saturated carbocycles. The highest BCUT2D eigenvalue weighted by Gasteiger charge is 2.32. The predicted octanol–water partition coefficient (Wildman–Crippen LogP) is 2.51. The first-order valence-corrected chi connectivity index (χ1v) is 8.66. The molecule has 0 amide bonds. The molecule has 2 N–H and O–H groups in total. The maximum Gasteiger partial charge on any atom is 0.573 e. The van der Waals surface area contributed by atoms with E-state index in [1.165, 1.54) is 0 Å². The summed E-state index contributed by atoms with van der Waals surface area (Å²) in [5.74, 6) is -2.03. The molecule has 0 heterocycles. The number of carboxylic acid groups (broad SMARTS) is 1. The Kier molecular flexibility index (Phi) is 5.38. The van der Waals surface area contributed by atoms with E-state index >= 15 is 0 Å². The van der Waals surface area contributed by atoms with Crippen LogP contribution in [0.15, 0.2) is 29.2 Å². The second kappa shape index (κ2) is 6.98. The molecule has 134 valence electrons. The van der Waals surface area contributed by atoms with Crippen LogP contribution in [0.4, 0.5) is 13.2 Å². The number of nitrogens with one attached hydrogen (secondary N) is 1. The van der Waals surface area contributed by atoms with Crippen LogP contribution in [0.25, 0.3) is 0 Å². The summed E-state index contributed by atoms with van der Waals surface area (Å²) >= 11 is 0. The van der Waals surface area contributed by atoms with Crippen LogP contribution in [0.2, 0.25) is 0 Å². The average molecular weight is 367 g/mol. The van der Waals surface area contributed by atoms with Crippen molar-refractivity contribution in [2.24, 2.45) is 5.92 Å². The van der Waals surface area contributed by atoms with Gasteiger partial charge in [-0.05, 0) is 37.8 Å². The Balaban J connectivity index is 2.06. The van der Waals surface area contributed by atoms with Crippen molar-refractivity contribution in [3.05, 3.63) is 24.3 Å². The third-order valence-electron chi connectivity index (χ3n) is 3.75. The molecule has 0 bridgehead atoms. The van der Waals surface area contributed by atoms with E-state index in [2.05, 4.69) is 9.46 Å². The fourth-order valence-corrected chi connectivity index (χ4v) is 3.92. The van der Waals surface area contributed by atoms with Crippen molar-refractivity contribution in [2.75, 3.05) is 0 Å². The lowest BCUT2D eigenvalue weighted by molar-refractivity contribution is -0.274. The molecule has 1 aromatic rings.